The lowest BCUT2D eigenvalue weighted by Gasteiger charge is -2.08. The van der Waals surface area contributed by atoms with Crippen LogP contribution in [-0.4, -0.2) is 30.0 Å². The highest BCUT2D eigenvalue weighted by Crippen LogP contribution is 2.14. The van der Waals surface area contributed by atoms with Gasteiger partial charge in [-0.1, -0.05) is 35.9 Å². The lowest BCUT2D eigenvalue weighted by atomic mass is 10.1. The van der Waals surface area contributed by atoms with E-state index in [1.54, 1.807) is 36.4 Å². The fourth-order valence-electron chi connectivity index (χ4n) is 1.99. The number of nitrogens with one attached hydrogen (secondary N) is 2. The summed E-state index contributed by atoms with van der Waals surface area (Å²) < 4.78 is 0. The first kappa shape index (κ1) is 16.8. The number of carbonyl (C=O) groups excluding carboxylic acids is 2. The number of carbonyl (C=O) groups is 2. The second kappa shape index (κ2) is 8.19. The van der Waals surface area contributed by atoms with Crippen LogP contribution in [0.2, 0.25) is 5.02 Å². The van der Waals surface area contributed by atoms with Crippen molar-refractivity contribution in [1.82, 2.24) is 10.6 Å². The maximum atomic E-state index is 11.8. The van der Waals surface area contributed by atoms with E-state index in [0.717, 1.165) is 5.56 Å². The van der Waals surface area contributed by atoms with Crippen LogP contribution < -0.4 is 10.6 Å². The highest BCUT2D eigenvalue weighted by Gasteiger charge is 2.09. The molecule has 0 bridgehead atoms. The summed E-state index contributed by atoms with van der Waals surface area (Å²) in [5, 5.41) is 15.5. The van der Waals surface area contributed by atoms with E-state index >= 15 is 0 Å². The highest BCUT2D eigenvalue weighted by atomic mass is 35.5. The first-order valence-electron chi connectivity index (χ1n) is 7.13. The Bertz CT molecular complexity index is 686. The Labute approximate surface area is 139 Å². The SMILES string of the molecule is O=C(Cc1ccc(Cl)cc1)NCCNC(=O)c1ccccc1O. The summed E-state index contributed by atoms with van der Waals surface area (Å²) in [6.45, 7) is 0.589. The first-order valence-corrected chi connectivity index (χ1v) is 7.51. The number of hydrogen-bond donors (Lipinski definition) is 3. The molecule has 0 aliphatic rings. The molecule has 23 heavy (non-hydrogen) atoms. The predicted octanol–water partition coefficient (Wildman–Crippen LogP) is 2.13. The topological polar surface area (TPSA) is 78.4 Å². The van der Waals surface area contributed by atoms with Crippen LogP contribution in [0.3, 0.4) is 0 Å². The van der Waals surface area contributed by atoms with E-state index in [9.17, 15) is 14.7 Å². The lowest BCUT2D eigenvalue weighted by molar-refractivity contribution is -0.120. The molecule has 0 saturated heterocycles. The average molecular weight is 333 g/mol. The molecule has 0 unspecified atom stereocenters. The molecule has 0 aliphatic carbocycles. The second-order valence-electron chi connectivity index (χ2n) is 4.93. The molecule has 2 amide bonds. The Morgan fingerprint density at radius 1 is 0.957 bits per heavy atom. The fraction of sp³-hybridized carbons (Fsp3) is 0.176. The predicted molar refractivity (Wildman–Crippen MR) is 88.6 cm³/mol. The van der Waals surface area contributed by atoms with E-state index in [2.05, 4.69) is 10.6 Å². The molecule has 0 aliphatic heterocycles. The maximum absolute atomic E-state index is 11.8. The van der Waals surface area contributed by atoms with E-state index in [1.807, 2.05) is 0 Å². The standard InChI is InChI=1S/C17H17ClN2O3/c18-13-7-5-12(6-8-13)11-16(22)19-9-10-20-17(23)14-3-1-2-4-15(14)21/h1-8,21H,9-11H2,(H,19,22)(H,20,23). The molecule has 120 valence electrons. The summed E-state index contributed by atoms with van der Waals surface area (Å²) in [5.74, 6) is -0.587. The van der Waals surface area contributed by atoms with E-state index in [-0.39, 0.29) is 36.1 Å². The van der Waals surface area contributed by atoms with E-state index in [4.69, 9.17) is 11.6 Å². The number of amides is 2. The quantitative estimate of drug-likeness (QED) is 0.709. The molecular weight excluding hydrogens is 316 g/mol. The molecule has 0 aromatic heterocycles. The normalized spacial score (nSPS) is 10.1. The van der Waals surface area contributed by atoms with Gasteiger partial charge in [-0.25, -0.2) is 0 Å². The van der Waals surface area contributed by atoms with Gasteiger partial charge in [-0.2, -0.15) is 0 Å². The van der Waals surface area contributed by atoms with Gasteiger partial charge in [0.2, 0.25) is 5.91 Å². The van der Waals surface area contributed by atoms with Crippen LogP contribution >= 0.6 is 11.6 Å². The first-order chi connectivity index (χ1) is 11.1. The number of halogens is 1. The highest BCUT2D eigenvalue weighted by molar-refractivity contribution is 6.30. The van der Waals surface area contributed by atoms with Crippen molar-refractivity contribution in [3.05, 3.63) is 64.7 Å². The number of phenolic OH excluding ortho intramolecular Hbond substituents is 1. The number of hydrogen-bond acceptors (Lipinski definition) is 3. The third-order valence-corrected chi connectivity index (χ3v) is 3.41. The molecule has 0 saturated carbocycles. The molecule has 0 fully saturated rings. The van der Waals surface area contributed by atoms with Gasteiger partial charge in [-0.3, -0.25) is 9.59 Å². The van der Waals surface area contributed by atoms with Crippen LogP contribution in [0.4, 0.5) is 0 Å². The van der Waals surface area contributed by atoms with Crippen molar-refractivity contribution in [2.75, 3.05) is 13.1 Å². The van der Waals surface area contributed by atoms with Crippen molar-refractivity contribution in [2.45, 2.75) is 6.42 Å². The van der Waals surface area contributed by atoms with Crippen molar-refractivity contribution < 1.29 is 14.7 Å². The summed E-state index contributed by atoms with van der Waals surface area (Å²) in [4.78, 5) is 23.6. The number of phenols is 1. The van der Waals surface area contributed by atoms with Gasteiger partial charge in [0.1, 0.15) is 5.75 Å². The minimum absolute atomic E-state index is 0.0724. The molecule has 6 heteroatoms. The average Bonchev–Trinajstić information content (AvgIpc) is 2.54. The van der Waals surface area contributed by atoms with Crippen molar-refractivity contribution in [3.63, 3.8) is 0 Å². The van der Waals surface area contributed by atoms with Crippen LogP contribution in [-0.2, 0) is 11.2 Å². The van der Waals surface area contributed by atoms with Crippen molar-refractivity contribution in [2.24, 2.45) is 0 Å². The Kier molecular flexibility index (Phi) is 6.00. The van der Waals surface area contributed by atoms with E-state index in [0.29, 0.717) is 11.6 Å². The van der Waals surface area contributed by atoms with Crippen LogP contribution in [0.15, 0.2) is 48.5 Å². The molecule has 2 aromatic carbocycles. The van der Waals surface area contributed by atoms with E-state index in [1.165, 1.54) is 12.1 Å². The molecule has 0 atom stereocenters. The molecule has 3 N–H and O–H groups in total. The van der Waals surface area contributed by atoms with Crippen LogP contribution in [0.1, 0.15) is 15.9 Å². The summed E-state index contributed by atoms with van der Waals surface area (Å²) in [7, 11) is 0. The molecule has 0 heterocycles. The van der Waals surface area contributed by atoms with Gasteiger partial charge in [0.15, 0.2) is 0 Å². The summed E-state index contributed by atoms with van der Waals surface area (Å²) in [6.07, 6.45) is 0.255. The minimum atomic E-state index is -0.380. The molecule has 0 spiro atoms. The van der Waals surface area contributed by atoms with Gasteiger partial charge < -0.3 is 15.7 Å². The zero-order valence-electron chi connectivity index (χ0n) is 12.4. The Morgan fingerprint density at radius 2 is 1.61 bits per heavy atom. The number of para-hydroxylation sites is 1. The molecule has 2 aromatic rings. The Morgan fingerprint density at radius 3 is 2.30 bits per heavy atom. The van der Waals surface area contributed by atoms with Gasteiger partial charge in [-0.05, 0) is 29.8 Å². The third kappa shape index (κ3) is 5.30. The second-order valence-corrected chi connectivity index (χ2v) is 5.36. The lowest BCUT2D eigenvalue weighted by Crippen LogP contribution is -2.35. The van der Waals surface area contributed by atoms with Crippen LogP contribution in [0.25, 0.3) is 0 Å². The van der Waals surface area contributed by atoms with E-state index < -0.39 is 0 Å². The van der Waals surface area contributed by atoms with Crippen LogP contribution in [0.5, 0.6) is 5.75 Å². The number of benzene rings is 2. The van der Waals surface area contributed by atoms with Gasteiger partial charge in [0.25, 0.3) is 5.91 Å². The van der Waals surface area contributed by atoms with Gasteiger partial charge in [-0.15, -0.1) is 0 Å². The Balaban J connectivity index is 1.71. The number of aromatic hydroxyl groups is 1. The van der Waals surface area contributed by atoms with Crippen molar-refractivity contribution in [1.29, 1.82) is 0 Å². The van der Waals surface area contributed by atoms with Crippen molar-refractivity contribution in [3.8, 4) is 5.75 Å². The molecule has 0 radical (unpaired) electrons. The van der Waals surface area contributed by atoms with Crippen LogP contribution in [0, 0.1) is 0 Å². The minimum Gasteiger partial charge on any atom is -0.507 e. The van der Waals surface area contributed by atoms with Gasteiger partial charge in [0, 0.05) is 18.1 Å². The molecule has 5 nitrogen and oxygen atoms in total. The maximum Gasteiger partial charge on any atom is 0.255 e. The zero-order valence-corrected chi connectivity index (χ0v) is 13.1. The number of rotatable bonds is 6. The molecule has 2 rings (SSSR count). The zero-order chi connectivity index (χ0) is 16.7. The summed E-state index contributed by atoms with van der Waals surface area (Å²) >= 11 is 5.78. The molecular formula is C17H17ClN2O3. The van der Waals surface area contributed by atoms with Gasteiger partial charge >= 0.3 is 0 Å². The summed E-state index contributed by atoms with van der Waals surface area (Å²) in [5.41, 5.74) is 1.07. The smallest absolute Gasteiger partial charge is 0.255 e. The Hall–Kier alpha value is -2.53. The third-order valence-electron chi connectivity index (χ3n) is 3.16. The largest absolute Gasteiger partial charge is 0.507 e. The monoisotopic (exact) mass is 332 g/mol. The summed E-state index contributed by atoms with van der Waals surface area (Å²) in [6, 6.07) is 13.3. The van der Waals surface area contributed by atoms with Crippen molar-refractivity contribution >= 4 is 23.4 Å². The van der Waals surface area contributed by atoms with Gasteiger partial charge in [0.05, 0.1) is 12.0 Å². The fourth-order valence-corrected chi connectivity index (χ4v) is 2.11.